The summed E-state index contributed by atoms with van der Waals surface area (Å²) >= 11 is 11.9. The molecule has 0 unspecified atom stereocenters. The highest BCUT2D eigenvalue weighted by molar-refractivity contribution is 6.33. The lowest BCUT2D eigenvalue weighted by molar-refractivity contribution is -0.384. The predicted octanol–water partition coefficient (Wildman–Crippen LogP) is 4.39. The standard InChI is InChI=1S/C19H17Cl2N3O4/c20-14-3-1-13(2-4-14)19(26)23-9-7-12(8-10-23)18(25)22-17-11-15(24(27)28)5-6-16(17)21/h1-6,11-12H,7-10H2,(H,22,25). The summed E-state index contributed by atoms with van der Waals surface area (Å²) in [5, 5.41) is 14.3. The topological polar surface area (TPSA) is 92.5 Å². The van der Waals surface area contributed by atoms with E-state index in [1.54, 1.807) is 29.2 Å². The fraction of sp³-hybridized carbons (Fsp3) is 0.263. The van der Waals surface area contributed by atoms with Crippen molar-refractivity contribution in [1.29, 1.82) is 0 Å². The van der Waals surface area contributed by atoms with Crippen molar-refractivity contribution in [3.05, 3.63) is 68.2 Å². The number of hydrogen-bond acceptors (Lipinski definition) is 4. The Bertz CT molecular complexity index is 910. The fourth-order valence-corrected chi connectivity index (χ4v) is 3.37. The number of likely N-dealkylation sites (tertiary alicyclic amines) is 1. The largest absolute Gasteiger partial charge is 0.339 e. The van der Waals surface area contributed by atoms with Crippen LogP contribution in [-0.2, 0) is 4.79 Å². The molecule has 0 spiro atoms. The zero-order valence-electron chi connectivity index (χ0n) is 14.7. The Balaban J connectivity index is 1.59. The second-order valence-electron chi connectivity index (χ2n) is 6.48. The van der Waals surface area contributed by atoms with E-state index >= 15 is 0 Å². The van der Waals surface area contributed by atoms with Crippen LogP contribution in [0.1, 0.15) is 23.2 Å². The molecule has 1 N–H and O–H groups in total. The molecule has 0 saturated carbocycles. The highest BCUT2D eigenvalue weighted by Crippen LogP contribution is 2.28. The van der Waals surface area contributed by atoms with Crippen molar-refractivity contribution in [2.75, 3.05) is 18.4 Å². The average Bonchev–Trinajstić information content (AvgIpc) is 2.69. The summed E-state index contributed by atoms with van der Waals surface area (Å²) in [6.45, 7) is 0.893. The molecule has 146 valence electrons. The number of piperidine rings is 1. The van der Waals surface area contributed by atoms with E-state index in [2.05, 4.69) is 5.32 Å². The quantitative estimate of drug-likeness (QED) is 0.584. The molecule has 2 amide bonds. The fourth-order valence-electron chi connectivity index (χ4n) is 3.08. The lowest BCUT2D eigenvalue weighted by Crippen LogP contribution is -2.41. The van der Waals surface area contributed by atoms with E-state index in [1.165, 1.54) is 18.2 Å². The van der Waals surface area contributed by atoms with Crippen molar-refractivity contribution in [2.45, 2.75) is 12.8 Å². The molecule has 1 heterocycles. The monoisotopic (exact) mass is 421 g/mol. The number of carbonyl (C=O) groups is 2. The molecule has 28 heavy (non-hydrogen) atoms. The molecular weight excluding hydrogens is 405 g/mol. The van der Waals surface area contributed by atoms with Gasteiger partial charge in [0, 0.05) is 41.7 Å². The van der Waals surface area contributed by atoms with Crippen LogP contribution in [0.4, 0.5) is 11.4 Å². The lowest BCUT2D eigenvalue weighted by atomic mass is 9.95. The molecule has 1 aliphatic rings. The molecule has 1 aliphatic heterocycles. The van der Waals surface area contributed by atoms with Crippen molar-refractivity contribution < 1.29 is 14.5 Å². The molecule has 2 aromatic rings. The first-order chi connectivity index (χ1) is 13.3. The number of halogens is 2. The minimum atomic E-state index is -0.549. The number of benzene rings is 2. The van der Waals surface area contributed by atoms with Gasteiger partial charge in [-0.2, -0.15) is 0 Å². The molecule has 0 bridgehead atoms. The Morgan fingerprint density at radius 1 is 1.07 bits per heavy atom. The number of hydrogen-bond donors (Lipinski definition) is 1. The minimum absolute atomic E-state index is 0.0998. The maximum Gasteiger partial charge on any atom is 0.271 e. The van der Waals surface area contributed by atoms with E-state index in [-0.39, 0.29) is 34.1 Å². The first kappa shape index (κ1) is 20.1. The number of amides is 2. The smallest absolute Gasteiger partial charge is 0.271 e. The highest BCUT2D eigenvalue weighted by Gasteiger charge is 2.28. The van der Waals surface area contributed by atoms with Crippen molar-refractivity contribution in [2.24, 2.45) is 5.92 Å². The van der Waals surface area contributed by atoms with Crippen LogP contribution in [-0.4, -0.2) is 34.7 Å². The average molecular weight is 422 g/mol. The van der Waals surface area contributed by atoms with Gasteiger partial charge in [0.05, 0.1) is 15.6 Å². The summed E-state index contributed by atoms with van der Waals surface area (Å²) in [5.74, 6) is -0.664. The van der Waals surface area contributed by atoms with E-state index in [9.17, 15) is 19.7 Å². The van der Waals surface area contributed by atoms with Crippen LogP contribution in [0, 0.1) is 16.0 Å². The third-order valence-corrected chi connectivity index (χ3v) is 5.24. The lowest BCUT2D eigenvalue weighted by Gasteiger charge is -2.31. The van der Waals surface area contributed by atoms with E-state index in [4.69, 9.17) is 23.2 Å². The third kappa shape index (κ3) is 4.61. The number of rotatable bonds is 4. The highest BCUT2D eigenvalue weighted by atomic mass is 35.5. The predicted molar refractivity (Wildman–Crippen MR) is 107 cm³/mol. The van der Waals surface area contributed by atoms with Gasteiger partial charge in [-0.1, -0.05) is 23.2 Å². The summed E-state index contributed by atoms with van der Waals surface area (Å²) in [6, 6.07) is 10.6. The second kappa shape index (κ2) is 8.58. The maximum atomic E-state index is 12.5. The summed E-state index contributed by atoms with van der Waals surface area (Å²) < 4.78 is 0. The zero-order valence-corrected chi connectivity index (χ0v) is 16.2. The van der Waals surface area contributed by atoms with Gasteiger partial charge in [0.15, 0.2) is 0 Å². The zero-order chi connectivity index (χ0) is 20.3. The van der Waals surface area contributed by atoms with Gasteiger partial charge in [-0.05, 0) is 43.2 Å². The number of anilines is 1. The summed E-state index contributed by atoms with van der Waals surface area (Å²) in [6.07, 6.45) is 0.995. The van der Waals surface area contributed by atoms with Gasteiger partial charge in [0.2, 0.25) is 5.91 Å². The molecule has 3 rings (SSSR count). The van der Waals surface area contributed by atoms with Crippen LogP contribution in [0.15, 0.2) is 42.5 Å². The van der Waals surface area contributed by atoms with Gasteiger partial charge >= 0.3 is 0 Å². The number of non-ortho nitro benzene ring substituents is 1. The van der Waals surface area contributed by atoms with E-state index < -0.39 is 4.92 Å². The van der Waals surface area contributed by atoms with Gasteiger partial charge in [-0.25, -0.2) is 0 Å². The van der Waals surface area contributed by atoms with Crippen molar-refractivity contribution >= 4 is 46.4 Å². The molecule has 1 fully saturated rings. The van der Waals surface area contributed by atoms with Crippen LogP contribution < -0.4 is 5.32 Å². The van der Waals surface area contributed by atoms with E-state index in [0.29, 0.717) is 36.5 Å². The summed E-state index contributed by atoms with van der Waals surface area (Å²) in [4.78, 5) is 37.1. The van der Waals surface area contributed by atoms with Crippen LogP contribution >= 0.6 is 23.2 Å². The van der Waals surface area contributed by atoms with Gasteiger partial charge in [-0.15, -0.1) is 0 Å². The first-order valence-corrected chi connectivity index (χ1v) is 9.40. The molecule has 9 heteroatoms. The second-order valence-corrected chi connectivity index (χ2v) is 7.33. The van der Waals surface area contributed by atoms with Crippen LogP contribution in [0.3, 0.4) is 0 Å². The maximum absolute atomic E-state index is 12.5. The Labute approximate surface area is 171 Å². The van der Waals surface area contributed by atoms with Gasteiger partial charge in [-0.3, -0.25) is 19.7 Å². The molecular formula is C19H17Cl2N3O4. The van der Waals surface area contributed by atoms with Crippen LogP contribution in [0.25, 0.3) is 0 Å². The SMILES string of the molecule is O=C(Nc1cc([N+](=O)[O-])ccc1Cl)C1CCN(C(=O)c2ccc(Cl)cc2)CC1. The first-order valence-electron chi connectivity index (χ1n) is 8.65. The molecule has 0 atom stereocenters. The molecule has 0 aliphatic carbocycles. The molecule has 0 radical (unpaired) electrons. The van der Waals surface area contributed by atoms with Gasteiger partial charge in [0.1, 0.15) is 0 Å². The minimum Gasteiger partial charge on any atom is -0.339 e. The van der Waals surface area contributed by atoms with E-state index in [0.717, 1.165) is 0 Å². The Kier molecular flexibility index (Phi) is 6.16. The number of nitro groups is 1. The Hall–Kier alpha value is -2.64. The van der Waals surface area contributed by atoms with Crippen LogP contribution in [0.2, 0.25) is 10.0 Å². The van der Waals surface area contributed by atoms with Gasteiger partial charge in [0.25, 0.3) is 11.6 Å². The van der Waals surface area contributed by atoms with Crippen LogP contribution in [0.5, 0.6) is 0 Å². The number of carbonyl (C=O) groups excluding carboxylic acids is 2. The molecule has 7 nitrogen and oxygen atoms in total. The summed E-state index contributed by atoms with van der Waals surface area (Å²) in [7, 11) is 0. The number of nitrogens with zero attached hydrogens (tertiary/aromatic N) is 2. The molecule has 2 aromatic carbocycles. The summed E-state index contributed by atoms with van der Waals surface area (Å²) in [5.41, 5.74) is 0.610. The van der Waals surface area contributed by atoms with Gasteiger partial charge < -0.3 is 10.2 Å². The Morgan fingerprint density at radius 3 is 2.32 bits per heavy atom. The Morgan fingerprint density at radius 2 is 1.71 bits per heavy atom. The third-order valence-electron chi connectivity index (χ3n) is 4.66. The normalized spacial score (nSPS) is 14.6. The number of nitrogens with one attached hydrogen (secondary N) is 1. The van der Waals surface area contributed by atoms with Crippen molar-refractivity contribution in [1.82, 2.24) is 4.90 Å². The number of nitro benzene ring substituents is 1. The van der Waals surface area contributed by atoms with E-state index in [1.807, 2.05) is 0 Å². The molecule has 0 aromatic heterocycles. The molecule has 1 saturated heterocycles. The van der Waals surface area contributed by atoms with Crippen molar-refractivity contribution in [3.8, 4) is 0 Å². The van der Waals surface area contributed by atoms with Crippen molar-refractivity contribution in [3.63, 3.8) is 0 Å².